The molecule has 0 saturated carbocycles. The lowest BCUT2D eigenvalue weighted by atomic mass is 9.98. The number of nitrogens with zero attached hydrogens (tertiary/aromatic N) is 2. The maximum absolute atomic E-state index is 13.5. The summed E-state index contributed by atoms with van der Waals surface area (Å²) in [5.41, 5.74) is 1.27. The highest BCUT2D eigenvalue weighted by atomic mass is 19.4. The zero-order valence-corrected chi connectivity index (χ0v) is 16.9. The number of anilines is 4. The van der Waals surface area contributed by atoms with E-state index in [4.69, 9.17) is 4.74 Å². The lowest BCUT2D eigenvalue weighted by Crippen LogP contribution is -2.12. The molecule has 0 aliphatic carbocycles. The number of aromatic nitrogens is 2. The second kappa shape index (κ2) is 9.02. The average molecular weight is 416 g/mol. The van der Waals surface area contributed by atoms with Crippen molar-refractivity contribution in [1.82, 2.24) is 9.97 Å². The Hall–Kier alpha value is -3.29. The van der Waals surface area contributed by atoms with Gasteiger partial charge in [-0.1, -0.05) is 26.0 Å². The number of ether oxygens (including phenoxy) is 1. The first-order valence-corrected chi connectivity index (χ1v) is 9.52. The number of hydrogen-bond acceptors (Lipinski definition) is 5. The van der Waals surface area contributed by atoms with Crippen LogP contribution in [0.4, 0.5) is 36.3 Å². The minimum absolute atomic E-state index is 0.0498. The van der Waals surface area contributed by atoms with E-state index in [0.29, 0.717) is 23.0 Å². The largest absolute Gasteiger partial charge is 0.497 e. The summed E-state index contributed by atoms with van der Waals surface area (Å²) in [6.45, 7) is 4.13. The summed E-state index contributed by atoms with van der Waals surface area (Å²) >= 11 is 0. The highest BCUT2D eigenvalue weighted by Crippen LogP contribution is 2.35. The van der Waals surface area contributed by atoms with Crippen molar-refractivity contribution >= 4 is 23.1 Å². The van der Waals surface area contributed by atoms with Gasteiger partial charge in [0.1, 0.15) is 17.1 Å². The van der Waals surface area contributed by atoms with Gasteiger partial charge in [0, 0.05) is 17.6 Å². The van der Waals surface area contributed by atoms with Crippen LogP contribution in [0.2, 0.25) is 0 Å². The monoisotopic (exact) mass is 416 g/mol. The van der Waals surface area contributed by atoms with Crippen LogP contribution in [-0.4, -0.2) is 17.1 Å². The van der Waals surface area contributed by atoms with Crippen molar-refractivity contribution in [2.45, 2.75) is 32.4 Å². The van der Waals surface area contributed by atoms with Gasteiger partial charge in [0.25, 0.3) is 0 Å². The second-order valence-electron chi connectivity index (χ2n) is 6.87. The predicted octanol–water partition coefficient (Wildman–Crippen LogP) is 6.50. The molecule has 0 bridgehead atoms. The van der Waals surface area contributed by atoms with E-state index in [1.165, 1.54) is 0 Å². The van der Waals surface area contributed by atoms with Crippen molar-refractivity contribution in [2.24, 2.45) is 0 Å². The van der Waals surface area contributed by atoms with Crippen LogP contribution in [0.5, 0.6) is 5.75 Å². The van der Waals surface area contributed by atoms with Gasteiger partial charge < -0.3 is 15.4 Å². The molecule has 0 aliphatic heterocycles. The molecule has 2 N–H and O–H groups in total. The van der Waals surface area contributed by atoms with Crippen LogP contribution in [0.3, 0.4) is 0 Å². The number of benzene rings is 2. The van der Waals surface area contributed by atoms with Crippen molar-refractivity contribution in [3.63, 3.8) is 0 Å². The van der Waals surface area contributed by atoms with Gasteiger partial charge in [-0.05, 0) is 54.3 Å². The molecule has 1 unspecified atom stereocenters. The third-order valence-corrected chi connectivity index (χ3v) is 4.77. The molecular formula is C22H23F3N4O. The Balaban J connectivity index is 1.91. The topological polar surface area (TPSA) is 59.1 Å². The van der Waals surface area contributed by atoms with Gasteiger partial charge in [-0.2, -0.15) is 18.2 Å². The zero-order chi connectivity index (χ0) is 21.7. The molecule has 0 radical (unpaired) electrons. The number of alkyl halides is 3. The van der Waals surface area contributed by atoms with Crippen molar-refractivity contribution in [2.75, 3.05) is 17.7 Å². The minimum Gasteiger partial charge on any atom is -0.497 e. The minimum atomic E-state index is -4.59. The summed E-state index contributed by atoms with van der Waals surface area (Å²) in [5.74, 6) is 0.701. The molecule has 8 heteroatoms. The quantitative estimate of drug-likeness (QED) is 0.460. The molecule has 0 fully saturated rings. The second-order valence-corrected chi connectivity index (χ2v) is 6.87. The summed E-state index contributed by atoms with van der Waals surface area (Å²) in [6, 6.07) is 14.2. The Morgan fingerprint density at radius 2 is 1.77 bits per heavy atom. The lowest BCUT2D eigenvalue weighted by molar-refractivity contribution is -0.137. The van der Waals surface area contributed by atoms with Gasteiger partial charge in [0.2, 0.25) is 5.95 Å². The molecule has 2 aromatic carbocycles. The number of halogens is 3. The van der Waals surface area contributed by atoms with E-state index in [9.17, 15) is 13.2 Å². The fraction of sp³-hybridized carbons (Fsp3) is 0.273. The van der Waals surface area contributed by atoms with E-state index < -0.39 is 11.7 Å². The first-order chi connectivity index (χ1) is 14.3. The van der Waals surface area contributed by atoms with E-state index in [1.807, 2.05) is 18.2 Å². The van der Waals surface area contributed by atoms with Crippen LogP contribution in [0.1, 0.15) is 37.3 Å². The summed E-state index contributed by atoms with van der Waals surface area (Å²) in [5, 5.41) is 5.73. The third kappa shape index (κ3) is 5.20. The molecule has 3 rings (SSSR count). The van der Waals surface area contributed by atoms with Crippen molar-refractivity contribution in [3.05, 3.63) is 65.9 Å². The molecule has 5 nitrogen and oxygen atoms in total. The molecule has 3 aromatic rings. The molecule has 1 aromatic heterocycles. The smallest absolute Gasteiger partial charge is 0.421 e. The van der Waals surface area contributed by atoms with E-state index in [1.54, 1.807) is 37.4 Å². The SMILES string of the molecule is CCC(C)c1cccc(Nc2nc(Nc3ccc(OC)cc3)ncc2C(F)(F)F)c1. The van der Waals surface area contributed by atoms with Gasteiger partial charge in [-0.25, -0.2) is 4.98 Å². The van der Waals surface area contributed by atoms with Crippen LogP contribution in [-0.2, 0) is 6.18 Å². The standard InChI is InChI=1S/C22H23F3N4O/c1-4-14(2)15-6-5-7-17(12-15)27-20-19(22(23,24)25)13-26-21(29-20)28-16-8-10-18(30-3)11-9-16/h5-14H,4H2,1-3H3,(H2,26,27,28,29). The zero-order valence-electron chi connectivity index (χ0n) is 16.9. The Bertz CT molecular complexity index is 990. The van der Waals surface area contributed by atoms with Crippen LogP contribution in [0.15, 0.2) is 54.7 Å². The Morgan fingerprint density at radius 3 is 2.40 bits per heavy atom. The Labute approximate surface area is 173 Å². The molecule has 1 atom stereocenters. The summed E-state index contributed by atoms with van der Waals surface area (Å²) in [6.07, 6.45) is -2.88. The number of nitrogens with one attached hydrogen (secondary N) is 2. The van der Waals surface area contributed by atoms with Gasteiger partial charge in [-0.3, -0.25) is 0 Å². The van der Waals surface area contributed by atoms with Crippen molar-refractivity contribution in [1.29, 1.82) is 0 Å². The predicted molar refractivity (Wildman–Crippen MR) is 112 cm³/mol. The van der Waals surface area contributed by atoms with Crippen molar-refractivity contribution < 1.29 is 17.9 Å². The van der Waals surface area contributed by atoms with Gasteiger partial charge in [0.15, 0.2) is 0 Å². The van der Waals surface area contributed by atoms with Gasteiger partial charge in [-0.15, -0.1) is 0 Å². The highest BCUT2D eigenvalue weighted by Gasteiger charge is 2.35. The number of methoxy groups -OCH3 is 1. The van der Waals surface area contributed by atoms with Crippen LogP contribution in [0, 0.1) is 0 Å². The molecule has 0 amide bonds. The van der Waals surface area contributed by atoms with Crippen LogP contribution >= 0.6 is 0 Å². The summed E-state index contributed by atoms with van der Waals surface area (Å²) in [7, 11) is 1.55. The summed E-state index contributed by atoms with van der Waals surface area (Å²) < 4.78 is 45.6. The number of hydrogen-bond donors (Lipinski definition) is 2. The van der Waals surface area contributed by atoms with Crippen LogP contribution in [0.25, 0.3) is 0 Å². The fourth-order valence-electron chi connectivity index (χ4n) is 2.84. The first-order valence-electron chi connectivity index (χ1n) is 9.52. The first kappa shape index (κ1) is 21.4. The van der Waals surface area contributed by atoms with E-state index >= 15 is 0 Å². The van der Waals surface area contributed by atoms with Crippen LogP contribution < -0.4 is 15.4 Å². The molecule has 1 heterocycles. The molecule has 0 spiro atoms. The fourth-order valence-corrected chi connectivity index (χ4v) is 2.84. The normalized spacial score (nSPS) is 12.3. The third-order valence-electron chi connectivity index (χ3n) is 4.77. The highest BCUT2D eigenvalue weighted by molar-refractivity contribution is 5.63. The van der Waals surface area contributed by atoms with E-state index in [0.717, 1.165) is 18.2 Å². The van der Waals surface area contributed by atoms with Crippen molar-refractivity contribution in [3.8, 4) is 5.75 Å². The Morgan fingerprint density at radius 1 is 1.03 bits per heavy atom. The molecule has 0 saturated heterocycles. The van der Waals surface area contributed by atoms with Gasteiger partial charge in [0.05, 0.1) is 7.11 Å². The van der Waals surface area contributed by atoms with E-state index in [2.05, 4.69) is 34.4 Å². The maximum Gasteiger partial charge on any atom is 0.421 e. The lowest BCUT2D eigenvalue weighted by Gasteiger charge is -2.16. The average Bonchev–Trinajstić information content (AvgIpc) is 2.73. The van der Waals surface area contributed by atoms with E-state index in [-0.39, 0.29) is 11.8 Å². The Kier molecular flexibility index (Phi) is 6.44. The summed E-state index contributed by atoms with van der Waals surface area (Å²) in [4.78, 5) is 7.91. The molecule has 0 aliphatic rings. The molecular weight excluding hydrogens is 393 g/mol. The number of rotatable bonds is 7. The molecule has 158 valence electrons. The van der Waals surface area contributed by atoms with Gasteiger partial charge >= 0.3 is 6.18 Å². The molecule has 30 heavy (non-hydrogen) atoms. The maximum atomic E-state index is 13.5.